The molecule has 2 N–H and O–H groups in total. The van der Waals surface area contributed by atoms with Crippen LogP contribution in [0.15, 0.2) is 30.5 Å². The number of halogens is 2. The maximum absolute atomic E-state index is 13.0. The molecule has 2 rings (SSSR count). The second kappa shape index (κ2) is 3.82. The molecule has 0 aliphatic rings. The number of hydrogen-bond acceptors (Lipinski definition) is 3. The van der Waals surface area contributed by atoms with Crippen molar-refractivity contribution in [3.8, 4) is 11.1 Å². The number of rotatable bonds is 1. The lowest BCUT2D eigenvalue weighted by Crippen LogP contribution is -1.95. The van der Waals surface area contributed by atoms with Gasteiger partial charge in [-0.15, -0.1) is 5.10 Å². The molecule has 5 heteroatoms. The van der Waals surface area contributed by atoms with Crippen molar-refractivity contribution >= 4 is 17.3 Å². The van der Waals surface area contributed by atoms with Gasteiger partial charge in [0.2, 0.25) is 0 Å². The largest absolute Gasteiger partial charge is 0.396 e. The third kappa shape index (κ3) is 1.89. The van der Waals surface area contributed by atoms with E-state index in [9.17, 15) is 4.39 Å². The fourth-order valence-electron chi connectivity index (χ4n) is 1.26. The first-order valence-corrected chi connectivity index (χ1v) is 4.59. The number of nitrogen functional groups attached to an aromatic ring is 1. The summed E-state index contributed by atoms with van der Waals surface area (Å²) in [5.41, 5.74) is 7.22. The summed E-state index contributed by atoms with van der Waals surface area (Å²) in [4.78, 5) is 0. The maximum atomic E-state index is 13.0. The van der Waals surface area contributed by atoms with Crippen molar-refractivity contribution in [2.24, 2.45) is 0 Å². The smallest absolute Gasteiger partial charge is 0.175 e. The lowest BCUT2D eigenvalue weighted by Gasteiger charge is -2.05. The van der Waals surface area contributed by atoms with Crippen molar-refractivity contribution in [1.29, 1.82) is 0 Å². The molecule has 0 aliphatic heterocycles. The van der Waals surface area contributed by atoms with E-state index in [4.69, 9.17) is 17.3 Å². The number of benzene rings is 1. The molecular weight excluding hydrogens is 217 g/mol. The highest BCUT2D eigenvalue weighted by Gasteiger charge is 2.07. The zero-order valence-corrected chi connectivity index (χ0v) is 8.37. The fraction of sp³-hybridized carbons (Fsp3) is 0. The zero-order valence-electron chi connectivity index (χ0n) is 7.61. The van der Waals surface area contributed by atoms with Crippen LogP contribution in [0.5, 0.6) is 0 Å². The molecule has 0 bridgehead atoms. The SMILES string of the molecule is Nc1c(-c2cccc(F)c2)cnnc1Cl. The van der Waals surface area contributed by atoms with E-state index in [1.807, 2.05) is 0 Å². The lowest BCUT2D eigenvalue weighted by atomic mass is 10.1. The van der Waals surface area contributed by atoms with Crippen LogP contribution in [0.2, 0.25) is 5.15 Å². The fourth-order valence-corrected chi connectivity index (χ4v) is 1.40. The van der Waals surface area contributed by atoms with Gasteiger partial charge in [-0.3, -0.25) is 0 Å². The van der Waals surface area contributed by atoms with Crippen molar-refractivity contribution in [2.45, 2.75) is 0 Å². The summed E-state index contributed by atoms with van der Waals surface area (Å²) in [5.74, 6) is -0.333. The van der Waals surface area contributed by atoms with Gasteiger partial charge in [-0.1, -0.05) is 23.7 Å². The molecule has 0 unspecified atom stereocenters. The van der Waals surface area contributed by atoms with E-state index < -0.39 is 0 Å². The molecule has 1 aromatic carbocycles. The molecule has 15 heavy (non-hydrogen) atoms. The first-order chi connectivity index (χ1) is 7.18. The van der Waals surface area contributed by atoms with Crippen molar-refractivity contribution in [1.82, 2.24) is 10.2 Å². The maximum Gasteiger partial charge on any atom is 0.175 e. The molecule has 0 aliphatic carbocycles. The average Bonchev–Trinajstić information content (AvgIpc) is 2.22. The summed E-state index contributed by atoms with van der Waals surface area (Å²) in [6.45, 7) is 0. The van der Waals surface area contributed by atoms with E-state index in [1.54, 1.807) is 12.1 Å². The summed E-state index contributed by atoms with van der Waals surface area (Å²) < 4.78 is 13.0. The minimum absolute atomic E-state index is 0.122. The van der Waals surface area contributed by atoms with Crippen molar-refractivity contribution in [3.63, 3.8) is 0 Å². The van der Waals surface area contributed by atoms with Gasteiger partial charge >= 0.3 is 0 Å². The normalized spacial score (nSPS) is 10.3. The van der Waals surface area contributed by atoms with Gasteiger partial charge in [0.15, 0.2) is 5.15 Å². The Labute approximate surface area is 90.7 Å². The van der Waals surface area contributed by atoms with Gasteiger partial charge < -0.3 is 5.73 Å². The van der Waals surface area contributed by atoms with Gasteiger partial charge in [-0.25, -0.2) is 4.39 Å². The Morgan fingerprint density at radius 2 is 2.13 bits per heavy atom. The second-order valence-corrected chi connectivity index (χ2v) is 3.33. The van der Waals surface area contributed by atoms with E-state index in [1.165, 1.54) is 18.3 Å². The van der Waals surface area contributed by atoms with E-state index in [0.29, 0.717) is 16.8 Å². The van der Waals surface area contributed by atoms with Gasteiger partial charge in [-0.2, -0.15) is 5.10 Å². The Morgan fingerprint density at radius 1 is 1.33 bits per heavy atom. The van der Waals surface area contributed by atoms with Crippen LogP contribution in [-0.2, 0) is 0 Å². The molecule has 0 atom stereocenters. The number of nitrogens with two attached hydrogens (primary N) is 1. The summed E-state index contributed by atoms with van der Waals surface area (Å²) in [6, 6.07) is 6.05. The highest BCUT2D eigenvalue weighted by Crippen LogP contribution is 2.28. The molecule has 1 heterocycles. The van der Waals surface area contributed by atoms with Crippen LogP contribution in [-0.4, -0.2) is 10.2 Å². The predicted octanol–water partition coefficient (Wildman–Crippen LogP) is 2.52. The van der Waals surface area contributed by atoms with Crippen LogP contribution in [0.4, 0.5) is 10.1 Å². The number of hydrogen-bond donors (Lipinski definition) is 1. The van der Waals surface area contributed by atoms with Crippen LogP contribution in [0.3, 0.4) is 0 Å². The van der Waals surface area contributed by atoms with Crippen LogP contribution < -0.4 is 5.73 Å². The monoisotopic (exact) mass is 223 g/mol. The minimum atomic E-state index is -0.333. The van der Waals surface area contributed by atoms with Crippen LogP contribution in [0.25, 0.3) is 11.1 Å². The minimum Gasteiger partial charge on any atom is -0.396 e. The number of anilines is 1. The van der Waals surface area contributed by atoms with Crippen molar-refractivity contribution in [3.05, 3.63) is 41.4 Å². The molecule has 0 saturated heterocycles. The van der Waals surface area contributed by atoms with Crippen LogP contribution in [0.1, 0.15) is 0 Å². The van der Waals surface area contributed by atoms with Gasteiger partial charge in [0.05, 0.1) is 11.9 Å². The van der Waals surface area contributed by atoms with Crippen LogP contribution in [0, 0.1) is 5.82 Å². The Hall–Kier alpha value is -1.68. The van der Waals surface area contributed by atoms with E-state index >= 15 is 0 Å². The van der Waals surface area contributed by atoms with Crippen molar-refractivity contribution < 1.29 is 4.39 Å². The van der Waals surface area contributed by atoms with E-state index in [2.05, 4.69) is 10.2 Å². The lowest BCUT2D eigenvalue weighted by molar-refractivity contribution is 0.628. The van der Waals surface area contributed by atoms with Crippen LogP contribution >= 0.6 is 11.6 Å². The highest BCUT2D eigenvalue weighted by atomic mass is 35.5. The quantitative estimate of drug-likeness (QED) is 0.808. The Bertz CT molecular complexity index is 502. The Morgan fingerprint density at radius 3 is 2.87 bits per heavy atom. The molecule has 3 nitrogen and oxygen atoms in total. The Balaban J connectivity index is 2.59. The van der Waals surface area contributed by atoms with Gasteiger partial charge in [0, 0.05) is 5.56 Å². The highest BCUT2D eigenvalue weighted by molar-refractivity contribution is 6.32. The standard InChI is InChI=1S/C10H7ClFN3/c11-10-9(13)8(5-14-15-10)6-2-1-3-7(12)4-6/h1-5H,(H2,13,14). The molecule has 0 spiro atoms. The molecule has 76 valence electrons. The number of aromatic nitrogens is 2. The van der Waals surface area contributed by atoms with Gasteiger partial charge in [0.1, 0.15) is 5.82 Å². The molecule has 0 radical (unpaired) electrons. The second-order valence-electron chi connectivity index (χ2n) is 2.97. The Kier molecular flexibility index (Phi) is 2.51. The summed E-state index contributed by atoms with van der Waals surface area (Å²) >= 11 is 5.71. The van der Waals surface area contributed by atoms with Crippen molar-refractivity contribution in [2.75, 3.05) is 5.73 Å². The van der Waals surface area contributed by atoms with Gasteiger partial charge in [-0.05, 0) is 17.7 Å². The first-order valence-electron chi connectivity index (χ1n) is 4.21. The molecule has 2 aromatic rings. The third-order valence-corrected chi connectivity index (χ3v) is 2.26. The topological polar surface area (TPSA) is 51.8 Å². The summed E-state index contributed by atoms with van der Waals surface area (Å²) in [6.07, 6.45) is 1.45. The predicted molar refractivity (Wildman–Crippen MR) is 56.8 cm³/mol. The van der Waals surface area contributed by atoms with E-state index in [-0.39, 0.29) is 11.0 Å². The number of nitrogens with zero attached hydrogens (tertiary/aromatic N) is 2. The molecule has 0 fully saturated rings. The third-order valence-electron chi connectivity index (χ3n) is 1.98. The molecule has 1 aromatic heterocycles. The first kappa shape index (κ1) is 9.86. The summed E-state index contributed by atoms with van der Waals surface area (Å²) in [5, 5.41) is 7.37. The summed E-state index contributed by atoms with van der Waals surface area (Å²) in [7, 11) is 0. The molecule has 0 amide bonds. The average molecular weight is 224 g/mol. The molecule has 0 saturated carbocycles. The molecular formula is C10H7ClFN3. The van der Waals surface area contributed by atoms with E-state index in [0.717, 1.165) is 0 Å². The zero-order chi connectivity index (χ0) is 10.8. The van der Waals surface area contributed by atoms with Gasteiger partial charge in [0.25, 0.3) is 0 Å².